The van der Waals surface area contributed by atoms with Crippen LogP contribution in [-0.2, 0) is 0 Å². The first-order valence-corrected chi connectivity index (χ1v) is 6.91. The molecule has 0 radical (unpaired) electrons. The third-order valence-corrected chi connectivity index (χ3v) is 3.23. The normalized spacial score (nSPS) is 10.6. The number of carbonyl (C=O) groups is 1. The van der Waals surface area contributed by atoms with E-state index in [1.165, 1.54) is 0 Å². The van der Waals surface area contributed by atoms with Crippen molar-refractivity contribution in [3.8, 4) is 11.3 Å². The van der Waals surface area contributed by atoms with E-state index in [9.17, 15) is 4.79 Å². The molecule has 0 unspecified atom stereocenters. The molecule has 1 amide bonds. The van der Waals surface area contributed by atoms with Gasteiger partial charge in [-0.3, -0.25) is 4.79 Å². The third-order valence-electron chi connectivity index (χ3n) is 3.23. The van der Waals surface area contributed by atoms with E-state index >= 15 is 0 Å². The van der Waals surface area contributed by atoms with Crippen molar-refractivity contribution in [3.63, 3.8) is 0 Å². The smallest absolute Gasteiger partial charge is 0.275 e. The van der Waals surface area contributed by atoms with E-state index in [4.69, 9.17) is 4.52 Å². The van der Waals surface area contributed by atoms with Gasteiger partial charge in [-0.2, -0.15) is 0 Å². The molecular formula is C16H20N2O2. The molecular weight excluding hydrogens is 252 g/mol. The van der Waals surface area contributed by atoms with Crippen molar-refractivity contribution in [2.45, 2.75) is 26.7 Å². The van der Waals surface area contributed by atoms with Crippen LogP contribution in [0.4, 0.5) is 0 Å². The monoisotopic (exact) mass is 272 g/mol. The van der Waals surface area contributed by atoms with Gasteiger partial charge in [-0.05, 0) is 19.4 Å². The van der Waals surface area contributed by atoms with Crippen molar-refractivity contribution in [3.05, 3.63) is 41.6 Å². The van der Waals surface area contributed by atoms with Crippen LogP contribution in [0.2, 0.25) is 0 Å². The average Bonchev–Trinajstić information content (AvgIpc) is 2.93. The Bertz CT molecular complexity index is 590. The minimum absolute atomic E-state index is 0.0962. The zero-order valence-electron chi connectivity index (χ0n) is 12.2. The summed E-state index contributed by atoms with van der Waals surface area (Å²) in [5.41, 5.74) is 2.44. The van der Waals surface area contributed by atoms with E-state index in [1.54, 1.807) is 18.0 Å². The molecule has 4 heteroatoms. The second kappa shape index (κ2) is 6.37. The Labute approximate surface area is 119 Å². The lowest BCUT2D eigenvalue weighted by Gasteiger charge is -2.14. The predicted octanol–water partition coefficient (Wildman–Crippen LogP) is 3.52. The van der Waals surface area contributed by atoms with Gasteiger partial charge in [0.15, 0.2) is 11.5 Å². The van der Waals surface area contributed by atoms with Crippen LogP contribution in [0.3, 0.4) is 0 Å². The van der Waals surface area contributed by atoms with E-state index in [2.05, 4.69) is 12.1 Å². The molecule has 0 fully saturated rings. The van der Waals surface area contributed by atoms with E-state index in [1.807, 2.05) is 31.2 Å². The predicted molar refractivity (Wildman–Crippen MR) is 78.5 cm³/mol. The highest BCUT2D eigenvalue weighted by molar-refractivity contribution is 5.92. The Kier molecular flexibility index (Phi) is 4.56. The van der Waals surface area contributed by atoms with Crippen molar-refractivity contribution in [1.29, 1.82) is 0 Å². The molecule has 0 atom stereocenters. The summed E-state index contributed by atoms with van der Waals surface area (Å²) < 4.78 is 5.28. The van der Waals surface area contributed by atoms with Crippen LogP contribution < -0.4 is 0 Å². The molecule has 0 saturated heterocycles. The molecule has 1 aromatic carbocycles. The summed E-state index contributed by atoms with van der Waals surface area (Å²) in [5, 5.41) is 3.89. The van der Waals surface area contributed by atoms with Gasteiger partial charge in [-0.15, -0.1) is 0 Å². The summed E-state index contributed by atoms with van der Waals surface area (Å²) in [7, 11) is 1.79. The molecule has 0 saturated carbocycles. The lowest BCUT2D eigenvalue weighted by atomic mass is 10.1. The number of benzene rings is 1. The number of aryl methyl sites for hydroxylation is 1. The van der Waals surface area contributed by atoms with Crippen LogP contribution in [0.1, 0.15) is 35.8 Å². The molecule has 0 bridgehead atoms. The van der Waals surface area contributed by atoms with Crippen molar-refractivity contribution in [2.24, 2.45) is 0 Å². The first-order valence-electron chi connectivity index (χ1n) is 6.91. The summed E-state index contributed by atoms with van der Waals surface area (Å²) in [6, 6.07) is 9.64. The summed E-state index contributed by atoms with van der Waals surface area (Å²) in [4.78, 5) is 13.8. The Balaban J connectivity index is 2.14. The lowest BCUT2D eigenvalue weighted by molar-refractivity contribution is 0.0783. The fourth-order valence-corrected chi connectivity index (χ4v) is 2.00. The maximum Gasteiger partial charge on any atom is 0.275 e. The van der Waals surface area contributed by atoms with Crippen LogP contribution >= 0.6 is 0 Å². The molecule has 0 N–H and O–H groups in total. The molecule has 0 aliphatic carbocycles. The SMILES string of the molecule is CCCCN(C)C(=O)c1cc(-c2cccc(C)c2)on1. The van der Waals surface area contributed by atoms with Gasteiger partial charge in [-0.1, -0.05) is 42.3 Å². The van der Waals surface area contributed by atoms with Crippen LogP contribution in [-0.4, -0.2) is 29.6 Å². The van der Waals surface area contributed by atoms with Gasteiger partial charge >= 0.3 is 0 Å². The van der Waals surface area contributed by atoms with E-state index in [-0.39, 0.29) is 5.91 Å². The van der Waals surface area contributed by atoms with Gasteiger partial charge in [0.1, 0.15) is 0 Å². The summed E-state index contributed by atoms with van der Waals surface area (Å²) in [6.45, 7) is 4.86. The molecule has 20 heavy (non-hydrogen) atoms. The van der Waals surface area contributed by atoms with Gasteiger partial charge < -0.3 is 9.42 Å². The second-order valence-corrected chi connectivity index (χ2v) is 5.03. The fourth-order valence-electron chi connectivity index (χ4n) is 2.00. The first-order chi connectivity index (χ1) is 9.61. The first kappa shape index (κ1) is 14.3. The van der Waals surface area contributed by atoms with Gasteiger partial charge in [-0.25, -0.2) is 0 Å². The molecule has 0 aliphatic heterocycles. The number of unbranched alkanes of at least 4 members (excludes halogenated alkanes) is 1. The molecule has 106 valence electrons. The van der Waals surface area contributed by atoms with Gasteiger partial charge in [0, 0.05) is 25.2 Å². The maximum atomic E-state index is 12.2. The number of aromatic nitrogens is 1. The second-order valence-electron chi connectivity index (χ2n) is 5.03. The zero-order valence-corrected chi connectivity index (χ0v) is 12.2. The van der Waals surface area contributed by atoms with Crippen LogP contribution in [0.5, 0.6) is 0 Å². The standard InChI is InChI=1S/C16H20N2O2/c1-4-5-9-18(3)16(19)14-11-15(20-17-14)13-8-6-7-12(2)10-13/h6-8,10-11H,4-5,9H2,1-3H3. The molecule has 0 aliphatic rings. The maximum absolute atomic E-state index is 12.2. The Morgan fingerprint density at radius 3 is 2.85 bits per heavy atom. The van der Waals surface area contributed by atoms with Crippen molar-refractivity contribution in [2.75, 3.05) is 13.6 Å². The largest absolute Gasteiger partial charge is 0.355 e. The zero-order chi connectivity index (χ0) is 14.5. The van der Waals surface area contributed by atoms with Crippen molar-refractivity contribution < 1.29 is 9.32 Å². The van der Waals surface area contributed by atoms with Crippen molar-refractivity contribution >= 4 is 5.91 Å². The lowest BCUT2D eigenvalue weighted by Crippen LogP contribution is -2.27. The minimum Gasteiger partial charge on any atom is -0.355 e. The van der Waals surface area contributed by atoms with Gasteiger partial charge in [0.25, 0.3) is 5.91 Å². The van der Waals surface area contributed by atoms with E-state index < -0.39 is 0 Å². The Morgan fingerprint density at radius 1 is 1.35 bits per heavy atom. The minimum atomic E-state index is -0.0962. The average molecular weight is 272 g/mol. The number of hydrogen-bond acceptors (Lipinski definition) is 3. The van der Waals surface area contributed by atoms with Crippen LogP contribution in [0, 0.1) is 6.92 Å². The summed E-state index contributed by atoms with van der Waals surface area (Å²) >= 11 is 0. The molecule has 1 heterocycles. The molecule has 4 nitrogen and oxygen atoms in total. The quantitative estimate of drug-likeness (QED) is 0.836. The highest BCUT2D eigenvalue weighted by atomic mass is 16.5. The number of amides is 1. The Hall–Kier alpha value is -2.10. The van der Waals surface area contributed by atoms with E-state index in [0.29, 0.717) is 11.5 Å². The third kappa shape index (κ3) is 3.26. The fraction of sp³-hybridized carbons (Fsp3) is 0.375. The topological polar surface area (TPSA) is 46.3 Å². The van der Waals surface area contributed by atoms with Gasteiger partial charge in [0.2, 0.25) is 0 Å². The molecule has 0 spiro atoms. The molecule has 2 rings (SSSR count). The number of hydrogen-bond donors (Lipinski definition) is 0. The number of carbonyl (C=O) groups excluding carboxylic acids is 1. The Morgan fingerprint density at radius 2 is 2.15 bits per heavy atom. The summed E-state index contributed by atoms with van der Waals surface area (Å²) in [5.74, 6) is 0.530. The van der Waals surface area contributed by atoms with Crippen molar-refractivity contribution in [1.82, 2.24) is 10.1 Å². The van der Waals surface area contributed by atoms with Crippen LogP contribution in [0.25, 0.3) is 11.3 Å². The molecule has 1 aromatic heterocycles. The highest BCUT2D eigenvalue weighted by Gasteiger charge is 2.17. The van der Waals surface area contributed by atoms with Crippen LogP contribution in [0.15, 0.2) is 34.9 Å². The van der Waals surface area contributed by atoms with Gasteiger partial charge in [0.05, 0.1) is 0 Å². The molecule has 2 aromatic rings. The highest BCUT2D eigenvalue weighted by Crippen LogP contribution is 2.21. The number of nitrogens with zero attached hydrogens (tertiary/aromatic N) is 2. The summed E-state index contributed by atoms with van der Waals surface area (Å²) in [6.07, 6.45) is 2.05. The number of rotatable bonds is 5. The van der Waals surface area contributed by atoms with E-state index in [0.717, 1.165) is 30.5 Å².